The molecule has 0 radical (unpaired) electrons. The molecule has 2 aromatic rings. The quantitative estimate of drug-likeness (QED) is 0.733. The van der Waals surface area contributed by atoms with Crippen LogP contribution in [0.4, 0.5) is 0 Å². The summed E-state index contributed by atoms with van der Waals surface area (Å²) in [5.74, 6) is 0.429. The Morgan fingerprint density at radius 2 is 2.00 bits per heavy atom. The summed E-state index contributed by atoms with van der Waals surface area (Å²) >= 11 is 0. The number of H-pyrrole nitrogens is 1. The van der Waals surface area contributed by atoms with E-state index >= 15 is 0 Å². The van der Waals surface area contributed by atoms with Crippen LogP contribution in [0.25, 0.3) is 5.69 Å². The number of hydrogen-bond donors (Lipinski definition) is 3. The van der Waals surface area contributed by atoms with Crippen LogP contribution in [0.1, 0.15) is 24.3 Å². The second-order valence-electron chi connectivity index (χ2n) is 4.34. The molecule has 1 aliphatic rings. The third-order valence-electron chi connectivity index (χ3n) is 3.01. The highest BCUT2D eigenvalue weighted by Crippen LogP contribution is 2.46. The molecule has 1 fully saturated rings. The number of phenolic OH excluding ortho intramolecular Hbond substituents is 2. The summed E-state index contributed by atoms with van der Waals surface area (Å²) < 4.78 is 1.45. The lowest BCUT2D eigenvalue weighted by Gasteiger charge is -2.10. The largest absolute Gasteiger partial charge is 0.508 e. The maximum Gasteiger partial charge on any atom is 0.264 e. The third-order valence-corrected chi connectivity index (χ3v) is 3.01. The molecule has 0 aliphatic heterocycles. The minimum absolute atomic E-state index is 0.0567. The highest BCUT2D eigenvalue weighted by Gasteiger charge is 2.27. The fourth-order valence-electron chi connectivity index (χ4n) is 1.97. The molecule has 1 aromatic heterocycles. The Hall–Kier alpha value is -2.17. The second kappa shape index (κ2) is 3.41. The lowest BCUT2D eigenvalue weighted by molar-refractivity contribution is 0.443. The predicted octanol–water partition coefficient (Wildman–Crippen LogP) is 1.45. The summed E-state index contributed by atoms with van der Waals surface area (Å²) in [6, 6.07) is 4.42. The molecule has 17 heavy (non-hydrogen) atoms. The van der Waals surface area contributed by atoms with E-state index in [1.165, 1.54) is 16.8 Å². The molecule has 0 saturated heterocycles. The third kappa shape index (κ3) is 1.69. The van der Waals surface area contributed by atoms with E-state index in [1.54, 1.807) is 12.3 Å². The predicted molar refractivity (Wildman–Crippen MR) is 61.7 cm³/mol. The molecule has 1 heterocycles. The van der Waals surface area contributed by atoms with Crippen LogP contribution < -0.4 is 5.56 Å². The number of phenols is 2. The summed E-state index contributed by atoms with van der Waals surface area (Å²) in [5.41, 5.74) is 1.07. The maximum atomic E-state index is 11.1. The van der Waals surface area contributed by atoms with Crippen molar-refractivity contribution in [2.45, 2.75) is 18.8 Å². The van der Waals surface area contributed by atoms with E-state index in [1.807, 2.05) is 0 Å². The van der Waals surface area contributed by atoms with Gasteiger partial charge in [0.25, 0.3) is 5.56 Å². The molecular formula is C12H12N2O3. The van der Waals surface area contributed by atoms with Gasteiger partial charge in [0.15, 0.2) is 0 Å². The van der Waals surface area contributed by atoms with Crippen LogP contribution in [0.5, 0.6) is 11.5 Å². The number of aromatic amines is 1. The molecule has 88 valence electrons. The molecule has 0 atom stereocenters. The topological polar surface area (TPSA) is 78.2 Å². The number of rotatable bonds is 2. The van der Waals surface area contributed by atoms with E-state index in [-0.39, 0.29) is 17.1 Å². The van der Waals surface area contributed by atoms with Crippen molar-refractivity contribution in [2.75, 3.05) is 0 Å². The van der Waals surface area contributed by atoms with Crippen LogP contribution in [0.3, 0.4) is 0 Å². The standard InChI is InChI=1S/C12H12N2O3/c15-10-6-11(16)9(5-8(10)7-1-2-7)14-4-3-12(17)13-14/h3-7,15-16H,1-2H2,(H,13,17). The van der Waals surface area contributed by atoms with Crippen molar-refractivity contribution in [3.05, 3.63) is 40.3 Å². The van der Waals surface area contributed by atoms with Gasteiger partial charge in [-0.3, -0.25) is 14.6 Å². The Balaban J connectivity index is 2.15. The fourth-order valence-corrected chi connectivity index (χ4v) is 1.97. The average Bonchev–Trinajstić information content (AvgIpc) is 3.02. The summed E-state index contributed by atoms with van der Waals surface area (Å²) in [6.45, 7) is 0. The first kappa shape index (κ1) is 10.0. The van der Waals surface area contributed by atoms with Gasteiger partial charge in [-0.15, -0.1) is 0 Å². The Morgan fingerprint density at radius 3 is 2.59 bits per heavy atom. The summed E-state index contributed by atoms with van der Waals surface area (Å²) in [6.07, 6.45) is 3.66. The number of nitrogens with zero attached hydrogens (tertiary/aromatic N) is 1. The van der Waals surface area contributed by atoms with Gasteiger partial charge in [0.05, 0.1) is 0 Å². The van der Waals surface area contributed by atoms with Crippen molar-refractivity contribution >= 4 is 0 Å². The maximum absolute atomic E-state index is 11.1. The van der Waals surface area contributed by atoms with Crippen molar-refractivity contribution in [1.29, 1.82) is 0 Å². The van der Waals surface area contributed by atoms with Crippen molar-refractivity contribution in [3.63, 3.8) is 0 Å². The van der Waals surface area contributed by atoms with Gasteiger partial charge in [0.1, 0.15) is 17.2 Å². The minimum Gasteiger partial charge on any atom is -0.508 e. The highest BCUT2D eigenvalue weighted by molar-refractivity contribution is 5.55. The van der Waals surface area contributed by atoms with E-state index in [9.17, 15) is 15.0 Å². The summed E-state index contributed by atoms with van der Waals surface area (Å²) in [5, 5.41) is 22.1. The number of aromatic hydroxyl groups is 2. The van der Waals surface area contributed by atoms with Crippen LogP contribution in [-0.2, 0) is 0 Å². The van der Waals surface area contributed by atoms with Gasteiger partial charge < -0.3 is 10.2 Å². The van der Waals surface area contributed by atoms with Crippen molar-refractivity contribution in [2.24, 2.45) is 0 Å². The minimum atomic E-state index is -0.231. The van der Waals surface area contributed by atoms with Crippen LogP contribution in [-0.4, -0.2) is 20.0 Å². The normalized spacial score (nSPS) is 15.1. The molecule has 0 unspecified atom stereocenters. The Kier molecular flexibility index (Phi) is 2.01. The zero-order valence-electron chi connectivity index (χ0n) is 9.05. The van der Waals surface area contributed by atoms with Gasteiger partial charge in [-0.2, -0.15) is 0 Å². The first-order valence-electron chi connectivity index (χ1n) is 5.49. The van der Waals surface area contributed by atoms with E-state index in [0.29, 0.717) is 11.6 Å². The monoisotopic (exact) mass is 232 g/mol. The van der Waals surface area contributed by atoms with Crippen molar-refractivity contribution < 1.29 is 10.2 Å². The fraction of sp³-hybridized carbons (Fsp3) is 0.250. The zero-order chi connectivity index (χ0) is 12.0. The van der Waals surface area contributed by atoms with Crippen LogP contribution in [0, 0.1) is 0 Å². The highest BCUT2D eigenvalue weighted by atomic mass is 16.3. The molecule has 0 bridgehead atoms. The SMILES string of the molecule is O=c1ccn(-c2cc(C3CC3)c(O)cc2O)[nH]1. The first-order chi connectivity index (χ1) is 8.15. The van der Waals surface area contributed by atoms with E-state index in [0.717, 1.165) is 18.4 Å². The molecule has 1 saturated carbocycles. The smallest absolute Gasteiger partial charge is 0.264 e. The van der Waals surface area contributed by atoms with Crippen molar-refractivity contribution in [3.8, 4) is 17.2 Å². The Bertz CT molecular complexity index is 623. The number of nitrogens with one attached hydrogen (secondary N) is 1. The summed E-state index contributed by atoms with van der Waals surface area (Å²) in [4.78, 5) is 11.1. The molecule has 0 spiro atoms. The summed E-state index contributed by atoms with van der Waals surface area (Å²) in [7, 11) is 0. The molecule has 1 aromatic carbocycles. The van der Waals surface area contributed by atoms with E-state index < -0.39 is 0 Å². The number of benzene rings is 1. The van der Waals surface area contributed by atoms with Crippen LogP contribution >= 0.6 is 0 Å². The van der Waals surface area contributed by atoms with Gasteiger partial charge in [-0.25, -0.2) is 0 Å². The molecule has 5 heteroatoms. The van der Waals surface area contributed by atoms with E-state index in [2.05, 4.69) is 5.10 Å². The molecule has 3 N–H and O–H groups in total. The Morgan fingerprint density at radius 1 is 1.24 bits per heavy atom. The van der Waals surface area contributed by atoms with Crippen molar-refractivity contribution in [1.82, 2.24) is 9.78 Å². The van der Waals surface area contributed by atoms with Crippen LogP contribution in [0.2, 0.25) is 0 Å². The Labute approximate surface area is 96.9 Å². The van der Waals surface area contributed by atoms with Gasteiger partial charge in [-0.1, -0.05) is 0 Å². The molecule has 3 rings (SSSR count). The number of hydrogen-bond acceptors (Lipinski definition) is 3. The lowest BCUT2D eigenvalue weighted by atomic mass is 10.1. The lowest BCUT2D eigenvalue weighted by Crippen LogP contribution is -2.03. The van der Waals surface area contributed by atoms with E-state index in [4.69, 9.17) is 0 Å². The molecule has 5 nitrogen and oxygen atoms in total. The van der Waals surface area contributed by atoms with Crippen LogP contribution in [0.15, 0.2) is 29.2 Å². The van der Waals surface area contributed by atoms with Gasteiger partial charge >= 0.3 is 0 Å². The molecule has 0 amide bonds. The van der Waals surface area contributed by atoms with Gasteiger partial charge in [0.2, 0.25) is 0 Å². The average molecular weight is 232 g/mol. The molecule has 1 aliphatic carbocycles. The number of aromatic nitrogens is 2. The second-order valence-corrected chi connectivity index (χ2v) is 4.34. The van der Waals surface area contributed by atoms with Gasteiger partial charge in [0, 0.05) is 18.3 Å². The molecular weight excluding hydrogens is 220 g/mol. The first-order valence-corrected chi connectivity index (χ1v) is 5.49. The van der Waals surface area contributed by atoms with Gasteiger partial charge in [-0.05, 0) is 30.4 Å². The zero-order valence-corrected chi connectivity index (χ0v) is 9.05.